The maximum absolute atomic E-state index is 8.12. The van der Waals surface area contributed by atoms with E-state index in [4.69, 9.17) is 28.3 Å². The van der Waals surface area contributed by atoms with Crippen LogP contribution in [-0.2, 0) is 6.54 Å². The van der Waals surface area contributed by atoms with Gasteiger partial charge in [0.25, 0.3) is 0 Å². The maximum Gasteiger partial charge on any atom is 0.122 e. The molecule has 72 valence electrons. The van der Waals surface area contributed by atoms with Gasteiger partial charge in [-0.25, -0.2) is 0 Å². The van der Waals surface area contributed by atoms with Crippen LogP contribution in [0.4, 0.5) is 0 Å². The summed E-state index contributed by atoms with van der Waals surface area (Å²) in [6.07, 6.45) is 0. The molecule has 3 N–H and O–H groups in total. The summed E-state index contributed by atoms with van der Waals surface area (Å²) in [4.78, 5) is 2.63. The first-order valence-electron chi connectivity index (χ1n) is 3.79. The highest BCUT2D eigenvalue weighted by Gasteiger charge is 2.02. The first kappa shape index (κ1) is 10.4. The van der Waals surface area contributed by atoms with Gasteiger partial charge in [-0.1, -0.05) is 28.8 Å². The standard InChI is InChI=1S/C8H8ClN5/c9-7-3-5(8(10)11)1-2-6(7)4-13-14-12/h1-3H,4H2,(H3,10,11). The van der Waals surface area contributed by atoms with Crippen LogP contribution in [0.5, 0.6) is 0 Å². The van der Waals surface area contributed by atoms with Crippen LogP contribution in [0.3, 0.4) is 0 Å². The van der Waals surface area contributed by atoms with Gasteiger partial charge < -0.3 is 5.73 Å². The number of nitrogen functional groups attached to an aromatic ring is 1. The molecule has 0 unspecified atom stereocenters. The van der Waals surface area contributed by atoms with E-state index in [0.717, 1.165) is 5.56 Å². The lowest BCUT2D eigenvalue weighted by Crippen LogP contribution is -2.10. The van der Waals surface area contributed by atoms with Gasteiger partial charge in [-0.3, -0.25) is 5.41 Å². The molecule has 0 atom stereocenters. The Balaban J connectivity index is 3.00. The molecule has 1 aromatic rings. The summed E-state index contributed by atoms with van der Waals surface area (Å²) in [5.74, 6) is -0.0396. The largest absolute Gasteiger partial charge is 0.384 e. The molecule has 1 rings (SSSR count). The number of halogens is 1. The number of benzene rings is 1. The van der Waals surface area contributed by atoms with Crippen molar-refractivity contribution in [1.29, 1.82) is 5.41 Å². The Bertz CT molecular complexity index is 408. The molecule has 0 heterocycles. The lowest BCUT2D eigenvalue weighted by atomic mass is 10.1. The monoisotopic (exact) mass is 209 g/mol. The van der Waals surface area contributed by atoms with Gasteiger partial charge in [0.1, 0.15) is 5.84 Å². The first-order valence-corrected chi connectivity index (χ1v) is 4.16. The Morgan fingerprint density at radius 1 is 1.64 bits per heavy atom. The first-order chi connectivity index (χ1) is 6.65. The zero-order chi connectivity index (χ0) is 10.6. The summed E-state index contributed by atoms with van der Waals surface area (Å²) in [6.45, 7) is 0.202. The van der Waals surface area contributed by atoms with Crippen molar-refractivity contribution in [2.45, 2.75) is 6.54 Å². The quantitative estimate of drug-likeness (QED) is 0.258. The fraction of sp³-hybridized carbons (Fsp3) is 0.125. The number of nitrogens with one attached hydrogen (secondary N) is 1. The number of azide groups is 1. The molecule has 0 spiro atoms. The molecule has 0 aliphatic heterocycles. The van der Waals surface area contributed by atoms with E-state index in [9.17, 15) is 0 Å². The van der Waals surface area contributed by atoms with E-state index in [1.165, 1.54) is 0 Å². The van der Waals surface area contributed by atoms with E-state index in [0.29, 0.717) is 10.6 Å². The van der Waals surface area contributed by atoms with Crippen molar-refractivity contribution in [2.75, 3.05) is 0 Å². The van der Waals surface area contributed by atoms with Gasteiger partial charge in [0.15, 0.2) is 0 Å². The minimum absolute atomic E-state index is 0.0396. The molecule has 0 aliphatic carbocycles. The van der Waals surface area contributed by atoms with Crippen LogP contribution in [0, 0.1) is 5.41 Å². The third kappa shape index (κ3) is 2.39. The molecular weight excluding hydrogens is 202 g/mol. The van der Waals surface area contributed by atoms with Gasteiger partial charge >= 0.3 is 0 Å². The number of hydrogen-bond donors (Lipinski definition) is 2. The molecule has 0 aromatic heterocycles. The summed E-state index contributed by atoms with van der Waals surface area (Å²) in [5, 5.41) is 11.0. The van der Waals surface area contributed by atoms with Gasteiger partial charge in [0, 0.05) is 15.5 Å². The summed E-state index contributed by atoms with van der Waals surface area (Å²) in [5.41, 5.74) is 14.7. The van der Waals surface area contributed by atoms with Crippen molar-refractivity contribution in [3.63, 3.8) is 0 Å². The van der Waals surface area contributed by atoms with Gasteiger partial charge in [0.05, 0.1) is 6.54 Å². The Kier molecular flexibility index (Phi) is 3.34. The number of hydrogen-bond acceptors (Lipinski definition) is 2. The van der Waals surface area contributed by atoms with Crippen molar-refractivity contribution >= 4 is 17.4 Å². The van der Waals surface area contributed by atoms with Crippen molar-refractivity contribution < 1.29 is 0 Å². The van der Waals surface area contributed by atoms with Gasteiger partial charge in [-0.15, -0.1) is 0 Å². The van der Waals surface area contributed by atoms with Gasteiger partial charge in [0.2, 0.25) is 0 Å². The topological polar surface area (TPSA) is 98.6 Å². The Labute approximate surface area is 85.6 Å². The summed E-state index contributed by atoms with van der Waals surface area (Å²) >= 11 is 5.87. The van der Waals surface area contributed by atoms with Crippen LogP contribution in [0.1, 0.15) is 11.1 Å². The fourth-order valence-electron chi connectivity index (χ4n) is 0.951. The smallest absolute Gasteiger partial charge is 0.122 e. The molecule has 0 bridgehead atoms. The summed E-state index contributed by atoms with van der Waals surface area (Å²) < 4.78 is 0. The van der Waals surface area contributed by atoms with Crippen LogP contribution in [-0.4, -0.2) is 5.84 Å². The van der Waals surface area contributed by atoms with E-state index in [2.05, 4.69) is 10.0 Å². The number of rotatable bonds is 3. The average Bonchev–Trinajstić information content (AvgIpc) is 2.15. The van der Waals surface area contributed by atoms with Crippen molar-refractivity contribution in [2.24, 2.45) is 10.8 Å². The SMILES string of the molecule is [N-]=[N+]=NCc1ccc(C(=N)N)cc1Cl. The van der Waals surface area contributed by atoms with Crippen LogP contribution >= 0.6 is 11.6 Å². The highest BCUT2D eigenvalue weighted by atomic mass is 35.5. The lowest BCUT2D eigenvalue weighted by molar-refractivity contribution is 1.05. The third-order valence-corrected chi connectivity index (χ3v) is 2.02. The molecule has 6 heteroatoms. The molecule has 1 aromatic carbocycles. The molecule has 0 fully saturated rings. The average molecular weight is 210 g/mol. The van der Waals surface area contributed by atoms with Gasteiger partial charge in [-0.2, -0.15) is 0 Å². The normalized spacial score (nSPS) is 9.21. The van der Waals surface area contributed by atoms with E-state index >= 15 is 0 Å². The predicted octanol–water partition coefficient (Wildman–Crippen LogP) is 2.43. The number of nitrogens with zero attached hydrogens (tertiary/aromatic N) is 3. The second-order valence-corrected chi connectivity index (χ2v) is 3.02. The third-order valence-electron chi connectivity index (χ3n) is 1.67. The van der Waals surface area contributed by atoms with E-state index in [1.54, 1.807) is 18.2 Å². The highest BCUT2D eigenvalue weighted by Crippen LogP contribution is 2.18. The maximum atomic E-state index is 8.12. The minimum Gasteiger partial charge on any atom is -0.384 e. The van der Waals surface area contributed by atoms with Crippen LogP contribution in [0.15, 0.2) is 23.3 Å². The second kappa shape index (κ2) is 4.50. The molecule has 0 radical (unpaired) electrons. The fourth-order valence-corrected chi connectivity index (χ4v) is 1.19. The van der Waals surface area contributed by atoms with Gasteiger partial charge in [-0.05, 0) is 17.2 Å². The minimum atomic E-state index is -0.0396. The van der Waals surface area contributed by atoms with Crippen LogP contribution in [0.2, 0.25) is 5.02 Å². The predicted molar refractivity (Wildman–Crippen MR) is 55.3 cm³/mol. The molecule has 14 heavy (non-hydrogen) atoms. The van der Waals surface area contributed by atoms with Crippen molar-refractivity contribution in [1.82, 2.24) is 0 Å². The van der Waals surface area contributed by atoms with Crippen LogP contribution < -0.4 is 5.73 Å². The van der Waals surface area contributed by atoms with Crippen molar-refractivity contribution in [3.05, 3.63) is 44.8 Å². The zero-order valence-corrected chi connectivity index (χ0v) is 7.99. The zero-order valence-electron chi connectivity index (χ0n) is 7.24. The summed E-state index contributed by atoms with van der Waals surface area (Å²) in [6, 6.07) is 4.93. The molecule has 0 amide bonds. The molecule has 0 saturated heterocycles. The molecule has 5 nitrogen and oxygen atoms in total. The van der Waals surface area contributed by atoms with E-state index < -0.39 is 0 Å². The Morgan fingerprint density at radius 2 is 2.36 bits per heavy atom. The number of nitrogens with two attached hydrogens (primary N) is 1. The Hall–Kier alpha value is -1.71. The molecule has 0 aliphatic rings. The van der Waals surface area contributed by atoms with E-state index in [-0.39, 0.29) is 12.4 Å². The van der Waals surface area contributed by atoms with Crippen LogP contribution in [0.25, 0.3) is 10.4 Å². The number of amidine groups is 1. The molecular formula is C8H8ClN5. The Morgan fingerprint density at radius 3 is 2.86 bits per heavy atom. The van der Waals surface area contributed by atoms with E-state index in [1.807, 2.05) is 0 Å². The summed E-state index contributed by atoms with van der Waals surface area (Å²) in [7, 11) is 0. The highest BCUT2D eigenvalue weighted by molar-refractivity contribution is 6.31. The second-order valence-electron chi connectivity index (χ2n) is 2.61. The molecule has 0 saturated carbocycles. The van der Waals surface area contributed by atoms with Crippen molar-refractivity contribution in [3.8, 4) is 0 Å². The lowest BCUT2D eigenvalue weighted by Gasteiger charge is -2.03.